The number of rotatable bonds is 5. The second-order valence-electron chi connectivity index (χ2n) is 7.93. The van der Waals surface area contributed by atoms with E-state index in [1.807, 2.05) is 6.92 Å². The number of hydrogen-bond donors (Lipinski definition) is 1. The van der Waals surface area contributed by atoms with Crippen molar-refractivity contribution in [1.29, 1.82) is 0 Å². The van der Waals surface area contributed by atoms with Gasteiger partial charge in [0.1, 0.15) is 11.5 Å². The van der Waals surface area contributed by atoms with Crippen molar-refractivity contribution in [3.05, 3.63) is 35.0 Å². The van der Waals surface area contributed by atoms with Crippen molar-refractivity contribution in [2.24, 2.45) is 11.8 Å². The van der Waals surface area contributed by atoms with Gasteiger partial charge in [-0.3, -0.25) is 4.79 Å². The van der Waals surface area contributed by atoms with Crippen LogP contribution in [-0.4, -0.2) is 71.2 Å². The second-order valence-corrected chi connectivity index (χ2v) is 10.2. The van der Waals surface area contributed by atoms with Crippen molar-refractivity contribution in [2.75, 3.05) is 33.3 Å². The molecular weight excluding hydrogens is 449 g/mol. The first-order valence-corrected chi connectivity index (χ1v) is 11.7. The molecule has 12 heteroatoms. The Hall–Kier alpha value is -2.08. The van der Waals surface area contributed by atoms with E-state index in [4.69, 9.17) is 11.6 Å². The summed E-state index contributed by atoms with van der Waals surface area (Å²) in [5.74, 6) is -0.829. The van der Waals surface area contributed by atoms with E-state index in [9.17, 15) is 17.6 Å². The molecule has 4 heterocycles. The summed E-state index contributed by atoms with van der Waals surface area (Å²) in [6, 6.07) is 2.81. The molecule has 31 heavy (non-hydrogen) atoms. The van der Waals surface area contributed by atoms with Crippen LogP contribution >= 0.6 is 11.6 Å². The molecule has 0 aromatic carbocycles. The molecule has 2 aliphatic heterocycles. The fourth-order valence-electron chi connectivity index (χ4n) is 4.10. The van der Waals surface area contributed by atoms with Gasteiger partial charge in [0.05, 0.1) is 24.9 Å². The predicted octanol–water partition coefficient (Wildman–Crippen LogP) is 2.04. The van der Waals surface area contributed by atoms with Gasteiger partial charge >= 0.3 is 5.97 Å². The largest absolute Gasteiger partial charge is 0.469 e. The van der Waals surface area contributed by atoms with E-state index in [-0.39, 0.29) is 30.9 Å². The van der Waals surface area contributed by atoms with Crippen molar-refractivity contribution in [3.8, 4) is 11.5 Å². The molecule has 2 atom stereocenters. The van der Waals surface area contributed by atoms with Gasteiger partial charge < -0.3 is 9.72 Å². The minimum atomic E-state index is -3.64. The average molecular weight is 472 g/mol. The smallest absolute Gasteiger partial charge is 0.311 e. The summed E-state index contributed by atoms with van der Waals surface area (Å²) < 4.78 is 46.4. The molecule has 2 fully saturated rings. The Bertz CT molecular complexity index is 1070. The lowest BCUT2D eigenvalue weighted by molar-refractivity contribution is -0.149. The number of piperidine rings is 1. The number of halogens is 2. The maximum atomic E-state index is 13.1. The number of nitrogens with zero attached hydrogens (tertiary/aromatic N) is 4. The first kappa shape index (κ1) is 22.1. The van der Waals surface area contributed by atoms with Crippen LogP contribution in [0.5, 0.6) is 0 Å². The molecule has 2 aromatic rings. The first-order valence-electron chi connectivity index (χ1n) is 9.91. The SMILES string of the molecule is COC(=O)C1CN(S(=O)(=O)N2CC[C@@H](c3[nH]c(-c4ccc(F)cn4)nc3Cl)[C@@H](C)C2)C1. The van der Waals surface area contributed by atoms with Crippen LogP contribution in [0.2, 0.25) is 5.15 Å². The van der Waals surface area contributed by atoms with Gasteiger partial charge in [0.25, 0.3) is 10.2 Å². The maximum Gasteiger partial charge on any atom is 0.311 e. The van der Waals surface area contributed by atoms with Crippen LogP contribution in [0.4, 0.5) is 4.39 Å². The minimum absolute atomic E-state index is 0.0140. The summed E-state index contributed by atoms with van der Waals surface area (Å²) in [6.07, 6.45) is 1.67. The number of carbonyl (C=O) groups excluding carboxylic acids is 1. The van der Waals surface area contributed by atoms with Gasteiger partial charge in [-0.1, -0.05) is 18.5 Å². The Kier molecular flexibility index (Phi) is 6.03. The standard InChI is InChI=1S/C19H23ClFN5O4S/c1-11-8-25(31(28,29)26-9-12(10-26)19(27)30-2)6-5-14(11)16-17(20)24-18(23-16)15-4-3-13(21)7-22-15/h3-4,7,11-12,14H,5-6,8-10H2,1-2H3,(H,23,24)/t11-,14+/m0/s1. The van der Waals surface area contributed by atoms with Crippen LogP contribution in [0, 0.1) is 17.7 Å². The molecule has 0 radical (unpaired) electrons. The normalized spacial score (nSPS) is 23.5. The number of H-pyrrole nitrogens is 1. The van der Waals surface area contributed by atoms with Crippen LogP contribution in [-0.2, 0) is 19.7 Å². The fourth-order valence-corrected chi connectivity index (χ4v) is 6.19. The highest BCUT2D eigenvalue weighted by Gasteiger charge is 2.45. The molecule has 0 spiro atoms. The lowest BCUT2D eigenvalue weighted by atomic mass is 9.86. The van der Waals surface area contributed by atoms with E-state index in [1.165, 1.54) is 27.9 Å². The van der Waals surface area contributed by atoms with Crippen molar-refractivity contribution in [1.82, 2.24) is 23.6 Å². The summed E-state index contributed by atoms with van der Waals surface area (Å²) in [5.41, 5.74) is 1.20. The Morgan fingerprint density at radius 2 is 2.03 bits per heavy atom. The Labute approximate surface area is 184 Å². The van der Waals surface area contributed by atoms with Crippen molar-refractivity contribution in [3.63, 3.8) is 0 Å². The van der Waals surface area contributed by atoms with E-state index in [0.29, 0.717) is 36.2 Å². The number of methoxy groups -OCH3 is 1. The summed E-state index contributed by atoms with van der Waals surface area (Å²) in [6.45, 7) is 2.90. The lowest BCUT2D eigenvalue weighted by Gasteiger charge is -2.42. The molecule has 0 unspecified atom stereocenters. The molecule has 0 bridgehead atoms. The third-order valence-electron chi connectivity index (χ3n) is 5.93. The number of hydrogen-bond acceptors (Lipinski definition) is 6. The average Bonchev–Trinajstić information content (AvgIpc) is 3.08. The number of imidazole rings is 1. The topological polar surface area (TPSA) is 108 Å². The molecule has 2 saturated heterocycles. The Morgan fingerprint density at radius 3 is 2.65 bits per heavy atom. The summed E-state index contributed by atoms with van der Waals surface area (Å²) in [4.78, 5) is 23.1. The summed E-state index contributed by atoms with van der Waals surface area (Å²) in [5, 5.41) is 0.304. The monoisotopic (exact) mass is 471 g/mol. The van der Waals surface area contributed by atoms with E-state index in [0.717, 1.165) is 11.9 Å². The minimum Gasteiger partial charge on any atom is -0.469 e. The zero-order chi connectivity index (χ0) is 22.3. The number of aromatic nitrogens is 3. The molecule has 1 N–H and O–H groups in total. The number of esters is 1. The molecule has 0 saturated carbocycles. The molecule has 168 valence electrons. The Morgan fingerprint density at radius 1 is 1.29 bits per heavy atom. The van der Waals surface area contributed by atoms with E-state index in [2.05, 4.69) is 19.7 Å². The zero-order valence-electron chi connectivity index (χ0n) is 17.1. The molecule has 0 aliphatic carbocycles. The van der Waals surface area contributed by atoms with Crippen molar-refractivity contribution >= 4 is 27.8 Å². The van der Waals surface area contributed by atoms with Gasteiger partial charge in [-0.2, -0.15) is 17.0 Å². The van der Waals surface area contributed by atoms with Gasteiger partial charge in [0, 0.05) is 32.1 Å². The quantitative estimate of drug-likeness (QED) is 0.668. The zero-order valence-corrected chi connectivity index (χ0v) is 18.7. The van der Waals surface area contributed by atoms with Gasteiger partial charge in [0.2, 0.25) is 0 Å². The van der Waals surface area contributed by atoms with Crippen LogP contribution in [0.1, 0.15) is 25.0 Å². The van der Waals surface area contributed by atoms with Gasteiger partial charge in [-0.25, -0.2) is 14.4 Å². The summed E-state index contributed by atoms with van der Waals surface area (Å²) in [7, 11) is -2.34. The lowest BCUT2D eigenvalue weighted by Crippen LogP contribution is -2.58. The van der Waals surface area contributed by atoms with Gasteiger partial charge in [-0.05, 0) is 24.5 Å². The predicted molar refractivity (Wildman–Crippen MR) is 111 cm³/mol. The Balaban J connectivity index is 1.44. The number of nitrogens with one attached hydrogen (secondary N) is 1. The number of ether oxygens (including phenoxy) is 1. The second kappa shape index (κ2) is 8.45. The third kappa shape index (κ3) is 4.19. The van der Waals surface area contributed by atoms with Crippen LogP contribution in [0.25, 0.3) is 11.5 Å². The molecule has 4 rings (SSSR count). The van der Waals surface area contributed by atoms with Gasteiger partial charge in [0.15, 0.2) is 11.0 Å². The van der Waals surface area contributed by atoms with Crippen molar-refractivity contribution in [2.45, 2.75) is 19.3 Å². The first-order chi connectivity index (χ1) is 14.7. The molecule has 0 amide bonds. The van der Waals surface area contributed by atoms with E-state index >= 15 is 0 Å². The van der Waals surface area contributed by atoms with Gasteiger partial charge in [-0.15, -0.1) is 0 Å². The number of carbonyl (C=O) groups is 1. The molecule has 2 aliphatic rings. The maximum absolute atomic E-state index is 13.1. The summed E-state index contributed by atoms with van der Waals surface area (Å²) >= 11 is 6.36. The van der Waals surface area contributed by atoms with Crippen LogP contribution in [0.3, 0.4) is 0 Å². The highest BCUT2D eigenvalue weighted by atomic mass is 35.5. The highest BCUT2D eigenvalue weighted by molar-refractivity contribution is 7.86. The fraction of sp³-hybridized carbons (Fsp3) is 0.526. The molecule has 2 aromatic heterocycles. The molecular formula is C19H23ClFN5O4S. The van der Waals surface area contributed by atoms with Crippen LogP contribution < -0.4 is 0 Å². The number of aromatic amines is 1. The number of pyridine rings is 1. The van der Waals surface area contributed by atoms with E-state index < -0.39 is 21.9 Å². The third-order valence-corrected chi connectivity index (χ3v) is 8.15. The van der Waals surface area contributed by atoms with Crippen LogP contribution in [0.15, 0.2) is 18.3 Å². The highest BCUT2D eigenvalue weighted by Crippen LogP contribution is 2.38. The van der Waals surface area contributed by atoms with E-state index in [1.54, 1.807) is 0 Å². The molecule has 9 nitrogen and oxygen atoms in total. The van der Waals surface area contributed by atoms with Crippen molar-refractivity contribution < 1.29 is 22.3 Å².